The molecule has 0 spiro atoms. The lowest BCUT2D eigenvalue weighted by atomic mass is 10.1. The van der Waals surface area contributed by atoms with Crippen molar-refractivity contribution in [2.75, 3.05) is 0 Å². The molecule has 1 aromatic carbocycles. The molecular formula is C12H7NO3S. The van der Waals surface area contributed by atoms with Gasteiger partial charge in [0.05, 0.1) is 0 Å². The Kier molecular flexibility index (Phi) is 2.38. The summed E-state index contributed by atoms with van der Waals surface area (Å²) in [5, 5.41) is 5.99. The molecule has 0 saturated carbocycles. The minimum Gasteiger partial charge on any atom is -0.429 e. The maximum Gasteiger partial charge on any atom is 0.298 e. The van der Waals surface area contributed by atoms with Crippen LogP contribution in [0.5, 0.6) is 5.75 Å². The van der Waals surface area contributed by atoms with Crippen molar-refractivity contribution in [2.45, 2.75) is 0 Å². The van der Waals surface area contributed by atoms with Gasteiger partial charge >= 0.3 is 0 Å². The Hall–Kier alpha value is -2.14. The number of thiophene rings is 1. The quantitative estimate of drug-likeness (QED) is 0.665. The average molecular weight is 245 g/mol. The highest BCUT2D eigenvalue weighted by molar-refractivity contribution is 7.17. The predicted octanol–water partition coefficient (Wildman–Crippen LogP) is 3.09. The van der Waals surface area contributed by atoms with Crippen molar-refractivity contribution >= 4 is 28.1 Å². The number of benzene rings is 1. The summed E-state index contributed by atoms with van der Waals surface area (Å²) in [5.41, 5.74) is 2.54. The fourth-order valence-electron chi connectivity index (χ4n) is 1.61. The van der Waals surface area contributed by atoms with Gasteiger partial charge in [0.2, 0.25) is 0 Å². The smallest absolute Gasteiger partial charge is 0.298 e. The highest BCUT2D eigenvalue weighted by Crippen LogP contribution is 2.32. The molecule has 17 heavy (non-hydrogen) atoms. The summed E-state index contributed by atoms with van der Waals surface area (Å²) in [6, 6.07) is 9.02. The van der Waals surface area contributed by atoms with E-state index in [-0.39, 0.29) is 0 Å². The summed E-state index contributed by atoms with van der Waals surface area (Å²) in [5.74, 6) is 0.509. The third kappa shape index (κ3) is 1.70. The van der Waals surface area contributed by atoms with Gasteiger partial charge in [-0.25, -0.2) is 0 Å². The Balaban J connectivity index is 2.04. The summed E-state index contributed by atoms with van der Waals surface area (Å²) in [7, 11) is 0. The summed E-state index contributed by atoms with van der Waals surface area (Å²) >= 11 is 1.59. The van der Waals surface area contributed by atoms with Gasteiger partial charge in [-0.15, -0.1) is 11.3 Å². The van der Waals surface area contributed by atoms with Gasteiger partial charge in [0.15, 0.2) is 5.58 Å². The second-order valence-electron chi connectivity index (χ2n) is 3.38. The van der Waals surface area contributed by atoms with Crippen LogP contribution in [0.2, 0.25) is 0 Å². The van der Waals surface area contributed by atoms with Crippen LogP contribution in [0.1, 0.15) is 0 Å². The summed E-state index contributed by atoms with van der Waals surface area (Å²) in [6.45, 7) is 0.405. The van der Waals surface area contributed by atoms with Crippen LogP contribution in [0, 0.1) is 0 Å². The zero-order valence-corrected chi connectivity index (χ0v) is 9.44. The second kappa shape index (κ2) is 4.03. The third-order valence-corrected chi connectivity index (χ3v) is 3.29. The second-order valence-corrected chi connectivity index (χ2v) is 4.30. The molecule has 0 amide bonds. The van der Waals surface area contributed by atoms with Crippen LogP contribution in [0.15, 0.2) is 40.2 Å². The Morgan fingerprint density at radius 3 is 2.82 bits per heavy atom. The molecule has 0 unspecified atom stereocenters. The lowest BCUT2D eigenvalue weighted by Gasteiger charge is -1.98. The summed E-state index contributed by atoms with van der Waals surface area (Å²) < 4.78 is 10.9. The number of hydrogen-bond donors (Lipinski definition) is 0. The highest BCUT2D eigenvalue weighted by atomic mass is 32.1. The van der Waals surface area contributed by atoms with Gasteiger partial charge in [0.25, 0.3) is 6.47 Å². The van der Waals surface area contributed by atoms with E-state index in [0.29, 0.717) is 12.2 Å². The van der Waals surface area contributed by atoms with Crippen LogP contribution in [-0.4, -0.2) is 11.6 Å². The largest absolute Gasteiger partial charge is 0.429 e. The first-order chi connectivity index (χ1) is 8.38. The van der Waals surface area contributed by atoms with Gasteiger partial charge in [0, 0.05) is 5.56 Å². The molecule has 3 rings (SSSR count). The maximum absolute atomic E-state index is 10.2. The minimum absolute atomic E-state index is 0.405. The molecular weight excluding hydrogens is 238 g/mol. The first-order valence-corrected chi connectivity index (χ1v) is 5.80. The van der Waals surface area contributed by atoms with Gasteiger partial charge in [-0.2, -0.15) is 0 Å². The van der Waals surface area contributed by atoms with Crippen LogP contribution < -0.4 is 4.74 Å². The standard InChI is InChI=1S/C12H7NO3S/c14-7-15-9-3-1-8(2-4-9)11-12-10(16-13-11)5-6-17-12/h1-7H. The van der Waals surface area contributed by atoms with E-state index in [1.54, 1.807) is 23.5 Å². The van der Waals surface area contributed by atoms with Gasteiger partial charge in [0.1, 0.15) is 16.1 Å². The Morgan fingerprint density at radius 1 is 1.24 bits per heavy atom. The number of nitrogens with zero attached hydrogens (tertiary/aromatic N) is 1. The van der Waals surface area contributed by atoms with Crippen molar-refractivity contribution in [3.8, 4) is 17.0 Å². The zero-order valence-electron chi connectivity index (χ0n) is 8.62. The summed E-state index contributed by atoms with van der Waals surface area (Å²) in [6.07, 6.45) is 0. The van der Waals surface area contributed by atoms with Crippen LogP contribution >= 0.6 is 11.3 Å². The number of rotatable bonds is 3. The highest BCUT2D eigenvalue weighted by Gasteiger charge is 2.11. The monoisotopic (exact) mass is 245 g/mol. The number of carbonyl (C=O) groups is 1. The molecule has 0 N–H and O–H groups in total. The third-order valence-electron chi connectivity index (χ3n) is 2.39. The fourth-order valence-corrected chi connectivity index (χ4v) is 2.42. The first kappa shape index (κ1) is 10.0. The lowest BCUT2D eigenvalue weighted by Crippen LogP contribution is -1.87. The van der Waals surface area contributed by atoms with E-state index in [4.69, 9.17) is 9.26 Å². The molecule has 2 aromatic heterocycles. The molecule has 0 atom stereocenters. The number of hydrogen-bond acceptors (Lipinski definition) is 5. The molecule has 84 valence electrons. The number of ether oxygens (including phenoxy) is 1. The van der Waals surface area contributed by atoms with Crippen LogP contribution in [0.4, 0.5) is 0 Å². The van der Waals surface area contributed by atoms with Crippen LogP contribution in [0.25, 0.3) is 21.5 Å². The van der Waals surface area contributed by atoms with E-state index in [1.807, 2.05) is 23.6 Å². The maximum atomic E-state index is 10.2. The van der Waals surface area contributed by atoms with Crippen LogP contribution in [0.3, 0.4) is 0 Å². The van der Waals surface area contributed by atoms with Crippen LogP contribution in [-0.2, 0) is 4.79 Å². The molecule has 0 bridgehead atoms. The van der Waals surface area contributed by atoms with Crippen molar-refractivity contribution in [3.63, 3.8) is 0 Å². The molecule has 0 aliphatic carbocycles. The predicted molar refractivity (Wildman–Crippen MR) is 64.0 cm³/mol. The Labute approximate surface area is 100 Å². The van der Waals surface area contributed by atoms with Gasteiger partial charge in [-0.1, -0.05) is 5.16 Å². The fraction of sp³-hybridized carbons (Fsp3) is 0. The van der Waals surface area contributed by atoms with E-state index >= 15 is 0 Å². The molecule has 0 aliphatic rings. The van der Waals surface area contributed by atoms with E-state index in [2.05, 4.69) is 5.16 Å². The molecule has 0 aliphatic heterocycles. The Bertz CT molecular complexity index is 654. The van der Waals surface area contributed by atoms with E-state index in [9.17, 15) is 4.79 Å². The normalized spacial score (nSPS) is 10.6. The van der Waals surface area contributed by atoms with E-state index in [0.717, 1.165) is 21.5 Å². The molecule has 0 radical (unpaired) electrons. The lowest BCUT2D eigenvalue weighted by molar-refractivity contribution is -0.120. The molecule has 0 fully saturated rings. The first-order valence-electron chi connectivity index (χ1n) is 4.92. The zero-order chi connectivity index (χ0) is 11.7. The van der Waals surface area contributed by atoms with Crippen molar-refractivity contribution in [2.24, 2.45) is 0 Å². The van der Waals surface area contributed by atoms with Crippen molar-refractivity contribution in [1.29, 1.82) is 0 Å². The van der Waals surface area contributed by atoms with E-state index < -0.39 is 0 Å². The average Bonchev–Trinajstić information content (AvgIpc) is 2.93. The van der Waals surface area contributed by atoms with Crippen molar-refractivity contribution in [1.82, 2.24) is 5.16 Å². The van der Waals surface area contributed by atoms with Crippen molar-refractivity contribution in [3.05, 3.63) is 35.7 Å². The van der Waals surface area contributed by atoms with Gasteiger partial charge < -0.3 is 9.26 Å². The number of carbonyl (C=O) groups excluding carboxylic acids is 1. The molecule has 2 heterocycles. The minimum atomic E-state index is 0.405. The molecule has 4 nitrogen and oxygen atoms in total. The number of fused-ring (bicyclic) bond motifs is 1. The van der Waals surface area contributed by atoms with Gasteiger partial charge in [-0.3, -0.25) is 4.79 Å². The molecule has 0 saturated heterocycles. The van der Waals surface area contributed by atoms with Crippen molar-refractivity contribution < 1.29 is 14.1 Å². The molecule has 5 heteroatoms. The topological polar surface area (TPSA) is 52.3 Å². The number of aromatic nitrogens is 1. The Morgan fingerprint density at radius 2 is 2.06 bits per heavy atom. The van der Waals surface area contributed by atoms with Gasteiger partial charge in [-0.05, 0) is 35.7 Å². The molecule has 3 aromatic rings. The SMILES string of the molecule is O=COc1ccc(-c2noc3ccsc23)cc1. The van der Waals surface area contributed by atoms with E-state index in [1.165, 1.54) is 0 Å². The summed E-state index contributed by atoms with van der Waals surface area (Å²) in [4.78, 5) is 10.2.